The summed E-state index contributed by atoms with van der Waals surface area (Å²) in [6, 6.07) is 0. The lowest BCUT2D eigenvalue weighted by Gasteiger charge is -2.44. The molecule has 0 aliphatic rings. The van der Waals surface area contributed by atoms with E-state index in [1.54, 1.807) is 0 Å². The van der Waals surface area contributed by atoms with Crippen LogP contribution in [0.1, 0.15) is 6.92 Å². The van der Waals surface area contributed by atoms with E-state index in [0.29, 0.717) is 14.1 Å². The summed E-state index contributed by atoms with van der Waals surface area (Å²) in [5.74, 6) is -64.1. The molecule has 0 heterocycles. The Labute approximate surface area is 172 Å². The number of hydrogen-bond acceptors (Lipinski definition) is 0. The summed E-state index contributed by atoms with van der Waals surface area (Å²) in [6.07, 6.45) is -5.97. The van der Waals surface area contributed by atoms with Crippen LogP contribution in [0.15, 0.2) is 0 Å². The first kappa shape index (κ1) is 31.7. The van der Waals surface area contributed by atoms with Gasteiger partial charge in [-0.15, -0.1) is 0 Å². The third-order valence-electron chi connectivity index (χ3n) is 4.61. The predicted octanol–water partition coefficient (Wildman–Crippen LogP) is 6.43. The van der Waals surface area contributed by atoms with E-state index < -0.39 is 71.4 Å². The van der Waals surface area contributed by atoms with Gasteiger partial charge >= 0.3 is 53.8 Å². The minimum Gasteiger partial charge on any atom is -0.324 e. The molecule has 0 aliphatic carbocycles. The Hall–Kier alpha value is -1.30. The van der Waals surface area contributed by atoms with Crippen LogP contribution >= 0.6 is 0 Å². The van der Waals surface area contributed by atoms with Gasteiger partial charge in [0.05, 0.1) is 20.6 Å². The molecule has 200 valence electrons. The molecule has 0 bridgehead atoms. The molecule has 0 spiro atoms. The van der Waals surface area contributed by atoms with Gasteiger partial charge in [0.2, 0.25) is 0 Å². The third-order valence-corrected chi connectivity index (χ3v) is 4.61. The molecule has 0 atom stereocenters. The Kier molecular flexibility index (Phi) is 7.81. The van der Waals surface area contributed by atoms with E-state index in [1.807, 2.05) is 0 Å². The molecule has 0 aromatic heterocycles. The molecule has 0 aromatic carbocycles. The topological polar surface area (TPSA) is 0 Å². The van der Waals surface area contributed by atoms with Crippen molar-refractivity contribution in [3.05, 3.63) is 0 Å². The first-order valence-electron chi connectivity index (χ1n) is 8.09. The highest BCUT2D eigenvalue weighted by molar-refractivity contribution is 5.16. The highest BCUT2D eigenvalue weighted by Gasteiger charge is 2.95. The second kappa shape index (κ2) is 8.13. The van der Waals surface area contributed by atoms with Crippen LogP contribution in [0.2, 0.25) is 0 Å². The molecule has 19 heteroatoms. The maximum absolute atomic E-state index is 13.7. The number of quaternary nitrogens is 1. The average molecular weight is 538 g/mol. The molecule has 0 amide bonds. The summed E-state index contributed by atoms with van der Waals surface area (Å²) in [5.41, 5.74) is 0. The number of hydrogen-bond donors (Lipinski definition) is 0. The summed E-state index contributed by atoms with van der Waals surface area (Å²) in [4.78, 5) is 0. The molecule has 0 rings (SSSR count). The van der Waals surface area contributed by atoms with Gasteiger partial charge in [-0.1, -0.05) is 0 Å². The Morgan fingerprint density at radius 3 is 1.06 bits per heavy atom. The first-order chi connectivity index (χ1) is 14.0. The lowest BCUT2D eigenvalue weighted by molar-refractivity contribution is -0.898. The molecule has 1 nitrogen and oxygen atoms in total. The normalized spacial score (nSPS) is 16.5. The maximum Gasteiger partial charge on any atom is 0.385 e. The number of nitrogens with zero attached hydrogens (tertiary/aromatic N) is 1. The maximum atomic E-state index is 13.7. The van der Waals surface area contributed by atoms with Gasteiger partial charge in [0.15, 0.2) is 0 Å². The van der Waals surface area contributed by atoms with Crippen LogP contribution in [0.25, 0.3) is 0 Å². The van der Waals surface area contributed by atoms with Gasteiger partial charge in [-0.05, 0) is 6.92 Å². The smallest absolute Gasteiger partial charge is 0.324 e. The minimum atomic E-state index is -8.69. The van der Waals surface area contributed by atoms with Crippen molar-refractivity contribution < 1.29 is 83.5 Å². The monoisotopic (exact) mass is 538 g/mol. The standard InChI is InChI=1S/C14H14F18N/c1-4-33(2,3)5-7(17,18)9(21,22)11(25,26)13(29,30)14(31,32)12(27,28)10(23,24)8(19,20)6(15)16/h6H,4-5H2,1-3H3/q+1. The van der Waals surface area contributed by atoms with Gasteiger partial charge in [0.25, 0.3) is 0 Å². The van der Waals surface area contributed by atoms with Crippen molar-refractivity contribution in [3.8, 4) is 0 Å². The van der Waals surface area contributed by atoms with Crippen LogP contribution in [0, 0.1) is 0 Å². The lowest BCUT2D eigenvalue weighted by Crippen LogP contribution is -2.76. The second-order valence-corrected chi connectivity index (χ2v) is 7.48. The molecule has 0 unspecified atom stereocenters. The summed E-state index contributed by atoms with van der Waals surface area (Å²) >= 11 is 0. The fourth-order valence-corrected chi connectivity index (χ4v) is 2.11. The van der Waals surface area contributed by atoms with E-state index in [9.17, 15) is 79.0 Å². The quantitative estimate of drug-likeness (QED) is 0.210. The van der Waals surface area contributed by atoms with Crippen molar-refractivity contribution in [2.75, 3.05) is 27.2 Å². The van der Waals surface area contributed by atoms with Crippen LogP contribution in [0.4, 0.5) is 79.0 Å². The molecular formula is C14H14F18N+. The average Bonchev–Trinajstić information content (AvgIpc) is 2.59. The molecule has 0 fully saturated rings. The Bertz CT molecular complexity index is 694. The van der Waals surface area contributed by atoms with Crippen molar-refractivity contribution in [3.63, 3.8) is 0 Å². The molecule has 0 radical (unpaired) electrons. The summed E-state index contributed by atoms with van der Waals surface area (Å²) in [7, 11) is 1.24. The first-order valence-corrected chi connectivity index (χ1v) is 8.09. The van der Waals surface area contributed by atoms with Crippen molar-refractivity contribution >= 4 is 0 Å². The highest BCUT2D eigenvalue weighted by atomic mass is 19.4. The molecule has 0 saturated heterocycles. The number of rotatable bonds is 11. The predicted molar refractivity (Wildman–Crippen MR) is 73.1 cm³/mol. The summed E-state index contributed by atoms with van der Waals surface area (Å²) in [6.45, 7) is -2.14. The minimum absolute atomic E-state index is 0.600. The van der Waals surface area contributed by atoms with E-state index in [4.69, 9.17) is 0 Å². The lowest BCUT2D eigenvalue weighted by atomic mass is 9.87. The van der Waals surface area contributed by atoms with E-state index >= 15 is 0 Å². The van der Waals surface area contributed by atoms with Gasteiger partial charge in [-0.3, -0.25) is 0 Å². The van der Waals surface area contributed by atoms with Crippen molar-refractivity contribution in [2.45, 2.75) is 60.7 Å². The van der Waals surface area contributed by atoms with Gasteiger partial charge in [-0.2, -0.15) is 70.2 Å². The zero-order valence-corrected chi connectivity index (χ0v) is 16.2. The Balaban J connectivity index is 6.80. The van der Waals surface area contributed by atoms with Gasteiger partial charge < -0.3 is 4.48 Å². The number of alkyl halides is 18. The Morgan fingerprint density at radius 1 is 0.515 bits per heavy atom. The molecule has 0 N–H and O–H groups in total. The summed E-state index contributed by atoms with van der Waals surface area (Å²) in [5, 5.41) is 0. The molecular weight excluding hydrogens is 524 g/mol. The van der Waals surface area contributed by atoms with Gasteiger partial charge in [0, 0.05) is 0 Å². The van der Waals surface area contributed by atoms with Gasteiger partial charge in [-0.25, -0.2) is 8.78 Å². The molecule has 0 aliphatic heterocycles. The van der Waals surface area contributed by atoms with Crippen molar-refractivity contribution in [1.29, 1.82) is 0 Å². The van der Waals surface area contributed by atoms with Crippen LogP contribution in [-0.4, -0.2) is 85.5 Å². The molecule has 0 saturated carbocycles. The van der Waals surface area contributed by atoms with Crippen molar-refractivity contribution in [2.24, 2.45) is 0 Å². The molecule has 33 heavy (non-hydrogen) atoms. The van der Waals surface area contributed by atoms with Crippen LogP contribution in [-0.2, 0) is 0 Å². The van der Waals surface area contributed by atoms with Crippen LogP contribution in [0.3, 0.4) is 0 Å². The van der Waals surface area contributed by atoms with E-state index in [2.05, 4.69) is 0 Å². The summed E-state index contributed by atoms with van der Waals surface area (Å²) < 4.78 is 237. The van der Waals surface area contributed by atoms with E-state index in [-0.39, 0.29) is 0 Å². The van der Waals surface area contributed by atoms with Crippen molar-refractivity contribution in [1.82, 2.24) is 0 Å². The van der Waals surface area contributed by atoms with Crippen LogP contribution in [0.5, 0.6) is 0 Å². The number of halogens is 18. The molecule has 0 aromatic rings. The second-order valence-electron chi connectivity index (χ2n) is 7.48. The highest BCUT2D eigenvalue weighted by Crippen LogP contribution is 2.64. The fourth-order valence-electron chi connectivity index (χ4n) is 2.11. The Morgan fingerprint density at radius 2 is 0.788 bits per heavy atom. The van der Waals surface area contributed by atoms with E-state index in [1.165, 1.54) is 0 Å². The fraction of sp³-hybridized carbons (Fsp3) is 1.00. The zero-order valence-electron chi connectivity index (χ0n) is 16.2. The van der Waals surface area contributed by atoms with Crippen LogP contribution < -0.4 is 0 Å². The van der Waals surface area contributed by atoms with E-state index in [0.717, 1.165) is 6.92 Å². The SMILES string of the molecule is CC[N+](C)(C)CC(F)(F)C(F)(F)C(F)(F)C(F)(F)C(F)(F)C(F)(F)C(F)(F)C(F)(F)C(F)F. The van der Waals surface area contributed by atoms with Gasteiger partial charge in [0.1, 0.15) is 6.54 Å². The third kappa shape index (κ3) is 4.30. The zero-order chi connectivity index (χ0) is 27.5. The largest absolute Gasteiger partial charge is 0.385 e.